The molecule has 2 rings (SSSR count). The number of rotatable bonds is 5. The minimum atomic E-state index is 0.419. The molecule has 0 aliphatic heterocycles. The highest BCUT2D eigenvalue weighted by molar-refractivity contribution is 4.88. The lowest BCUT2D eigenvalue weighted by atomic mass is 9.70. The summed E-state index contributed by atoms with van der Waals surface area (Å²) in [6.45, 7) is 8.27. The molecular weight excluding hydrogens is 202 g/mol. The van der Waals surface area contributed by atoms with Crippen molar-refractivity contribution in [1.29, 1.82) is 0 Å². The summed E-state index contributed by atoms with van der Waals surface area (Å²) >= 11 is 0. The zero-order valence-electron chi connectivity index (χ0n) is 10.4. The van der Waals surface area contributed by atoms with Gasteiger partial charge in [-0.1, -0.05) is 27.2 Å². The molecule has 1 N–H and O–H groups in total. The number of hydrogen-bond donors (Lipinski definition) is 1. The van der Waals surface area contributed by atoms with Crippen LogP contribution >= 0.6 is 0 Å². The highest BCUT2D eigenvalue weighted by atomic mass is 15.5. The molecule has 16 heavy (non-hydrogen) atoms. The first-order valence-electron chi connectivity index (χ1n) is 6.07. The van der Waals surface area contributed by atoms with E-state index in [1.165, 1.54) is 19.3 Å². The summed E-state index contributed by atoms with van der Waals surface area (Å²) in [5.41, 5.74) is 0.419. The van der Waals surface area contributed by atoms with E-state index in [2.05, 4.69) is 41.6 Å². The second-order valence-corrected chi connectivity index (χ2v) is 5.45. The van der Waals surface area contributed by atoms with Crippen LogP contribution in [0.1, 0.15) is 45.9 Å². The summed E-state index contributed by atoms with van der Waals surface area (Å²) in [7, 11) is 0. The molecule has 1 heterocycles. The molecule has 0 amide bonds. The Bertz CT molecular complexity index is 340. The molecule has 0 unspecified atom stereocenters. The number of nitrogens with zero attached hydrogens (tertiary/aromatic N) is 4. The molecule has 0 atom stereocenters. The van der Waals surface area contributed by atoms with Crippen LogP contribution in [0.2, 0.25) is 0 Å². The van der Waals surface area contributed by atoms with Gasteiger partial charge in [-0.3, -0.25) is 0 Å². The third-order valence-electron chi connectivity index (χ3n) is 3.37. The van der Waals surface area contributed by atoms with Gasteiger partial charge in [-0.25, -0.2) is 4.68 Å². The Morgan fingerprint density at radius 1 is 1.44 bits per heavy atom. The van der Waals surface area contributed by atoms with Crippen LogP contribution in [0.5, 0.6) is 0 Å². The van der Waals surface area contributed by atoms with E-state index in [0.29, 0.717) is 11.5 Å². The van der Waals surface area contributed by atoms with Crippen LogP contribution < -0.4 is 5.32 Å². The number of nitrogens with one attached hydrogen (secondary N) is 1. The molecule has 5 nitrogen and oxygen atoms in total. The van der Waals surface area contributed by atoms with E-state index in [9.17, 15) is 0 Å². The molecule has 1 aliphatic rings. The first-order chi connectivity index (χ1) is 7.59. The van der Waals surface area contributed by atoms with Gasteiger partial charge in [-0.2, -0.15) is 0 Å². The molecule has 90 valence electrons. The van der Waals surface area contributed by atoms with Crippen molar-refractivity contribution in [3.63, 3.8) is 0 Å². The Balaban J connectivity index is 1.96. The summed E-state index contributed by atoms with van der Waals surface area (Å²) in [6.07, 6.45) is 3.94. The van der Waals surface area contributed by atoms with Crippen LogP contribution in [-0.4, -0.2) is 26.2 Å². The lowest BCUT2D eigenvalue weighted by Gasteiger charge is -2.38. The predicted octanol–water partition coefficient (Wildman–Crippen LogP) is 1.36. The SMILES string of the molecule is CC(C)NCc1nnnn1CC1(C)CCC1. The van der Waals surface area contributed by atoms with Crippen molar-refractivity contribution in [2.24, 2.45) is 5.41 Å². The van der Waals surface area contributed by atoms with Gasteiger partial charge in [0.25, 0.3) is 0 Å². The number of hydrogen-bond acceptors (Lipinski definition) is 4. The maximum absolute atomic E-state index is 4.08. The van der Waals surface area contributed by atoms with Gasteiger partial charge in [0.15, 0.2) is 5.82 Å². The second kappa shape index (κ2) is 4.49. The molecule has 5 heteroatoms. The smallest absolute Gasteiger partial charge is 0.165 e. The van der Waals surface area contributed by atoms with Crippen molar-refractivity contribution in [2.45, 2.75) is 59.2 Å². The number of aromatic nitrogens is 4. The Morgan fingerprint density at radius 2 is 2.19 bits per heavy atom. The quantitative estimate of drug-likeness (QED) is 0.819. The molecule has 1 fully saturated rings. The topological polar surface area (TPSA) is 55.6 Å². The summed E-state index contributed by atoms with van der Waals surface area (Å²) in [5, 5.41) is 15.3. The molecule has 0 aromatic carbocycles. The monoisotopic (exact) mass is 223 g/mol. The van der Waals surface area contributed by atoms with Crippen LogP contribution in [0.15, 0.2) is 0 Å². The molecule has 0 saturated heterocycles. The average molecular weight is 223 g/mol. The lowest BCUT2D eigenvalue weighted by molar-refractivity contribution is 0.123. The summed E-state index contributed by atoms with van der Waals surface area (Å²) < 4.78 is 1.95. The van der Waals surface area contributed by atoms with Crippen molar-refractivity contribution in [1.82, 2.24) is 25.5 Å². The van der Waals surface area contributed by atoms with E-state index in [0.717, 1.165) is 18.9 Å². The van der Waals surface area contributed by atoms with Gasteiger partial charge in [0.05, 0.1) is 13.1 Å². The standard InChI is InChI=1S/C11H21N5/c1-9(2)12-7-10-13-14-15-16(10)8-11(3)5-4-6-11/h9,12H,4-8H2,1-3H3. The highest BCUT2D eigenvalue weighted by Crippen LogP contribution is 2.41. The summed E-state index contributed by atoms with van der Waals surface area (Å²) in [6, 6.07) is 0.462. The molecule has 1 saturated carbocycles. The largest absolute Gasteiger partial charge is 0.308 e. The molecule has 1 aliphatic carbocycles. The van der Waals surface area contributed by atoms with Crippen LogP contribution in [0, 0.1) is 5.41 Å². The van der Waals surface area contributed by atoms with Crippen molar-refractivity contribution >= 4 is 0 Å². The third kappa shape index (κ3) is 2.58. The van der Waals surface area contributed by atoms with Gasteiger partial charge in [0.2, 0.25) is 0 Å². The first-order valence-corrected chi connectivity index (χ1v) is 6.07. The maximum atomic E-state index is 4.08. The lowest BCUT2D eigenvalue weighted by Crippen LogP contribution is -2.33. The van der Waals surface area contributed by atoms with Crippen LogP contribution in [-0.2, 0) is 13.1 Å². The minimum Gasteiger partial charge on any atom is -0.308 e. The Morgan fingerprint density at radius 3 is 2.75 bits per heavy atom. The molecule has 0 radical (unpaired) electrons. The number of tetrazole rings is 1. The van der Waals surface area contributed by atoms with Gasteiger partial charge in [0, 0.05) is 6.04 Å². The van der Waals surface area contributed by atoms with Crippen molar-refractivity contribution in [2.75, 3.05) is 0 Å². The van der Waals surface area contributed by atoms with Gasteiger partial charge >= 0.3 is 0 Å². The van der Waals surface area contributed by atoms with Crippen molar-refractivity contribution in [3.8, 4) is 0 Å². The Labute approximate surface area is 96.6 Å². The van der Waals surface area contributed by atoms with Crippen molar-refractivity contribution in [3.05, 3.63) is 5.82 Å². The minimum absolute atomic E-state index is 0.419. The molecule has 1 aromatic heterocycles. The zero-order valence-corrected chi connectivity index (χ0v) is 10.4. The highest BCUT2D eigenvalue weighted by Gasteiger charge is 2.33. The average Bonchev–Trinajstić information content (AvgIpc) is 2.60. The van der Waals surface area contributed by atoms with E-state index in [1.54, 1.807) is 0 Å². The molecular formula is C11H21N5. The summed E-state index contributed by atoms with van der Waals surface area (Å²) in [4.78, 5) is 0. The fraction of sp³-hybridized carbons (Fsp3) is 0.909. The van der Waals surface area contributed by atoms with Gasteiger partial charge in [-0.05, 0) is 28.7 Å². The maximum Gasteiger partial charge on any atom is 0.165 e. The van der Waals surface area contributed by atoms with Crippen LogP contribution in [0.3, 0.4) is 0 Å². The predicted molar refractivity (Wildman–Crippen MR) is 61.8 cm³/mol. The Hall–Kier alpha value is -0.970. The van der Waals surface area contributed by atoms with Crippen LogP contribution in [0.4, 0.5) is 0 Å². The molecule has 0 bridgehead atoms. The second-order valence-electron chi connectivity index (χ2n) is 5.45. The van der Waals surface area contributed by atoms with Gasteiger partial charge in [0.1, 0.15) is 0 Å². The van der Waals surface area contributed by atoms with E-state index in [1.807, 2.05) is 4.68 Å². The first kappa shape index (κ1) is 11.5. The summed E-state index contributed by atoms with van der Waals surface area (Å²) in [5.74, 6) is 0.946. The normalized spacial score (nSPS) is 18.8. The van der Waals surface area contributed by atoms with Crippen LogP contribution in [0.25, 0.3) is 0 Å². The zero-order chi connectivity index (χ0) is 11.6. The third-order valence-corrected chi connectivity index (χ3v) is 3.37. The van der Waals surface area contributed by atoms with Crippen molar-refractivity contribution < 1.29 is 0 Å². The van der Waals surface area contributed by atoms with E-state index in [-0.39, 0.29) is 0 Å². The van der Waals surface area contributed by atoms with E-state index >= 15 is 0 Å². The molecule has 1 aromatic rings. The van der Waals surface area contributed by atoms with Gasteiger partial charge in [-0.15, -0.1) is 5.10 Å². The molecule has 0 spiro atoms. The fourth-order valence-electron chi connectivity index (χ4n) is 2.07. The fourth-order valence-corrected chi connectivity index (χ4v) is 2.07. The van der Waals surface area contributed by atoms with E-state index < -0.39 is 0 Å². The Kier molecular flexibility index (Phi) is 3.23. The van der Waals surface area contributed by atoms with E-state index in [4.69, 9.17) is 0 Å². The van der Waals surface area contributed by atoms with Gasteiger partial charge < -0.3 is 5.32 Å².